The standard InChI is InChI=1S/C23H26N6O4S2/c1-14-9-16(27(4)25-14)12-28-20-6-5-18(35(32,33)26-23(3)7-8-23)10-19(20)21(30)29(22(28)31)13-17-11-24-15(2)34-17/h5-6,9-11,26H,7-8,12-13H2,1-4H3. The molecular weight excluding hydrogens is 488 g/mol. The minimum atomic E-state index is -3.82. The molecule has 0 amide bonds. The van der Waals surface area contributed by atoms with Crippen LogP contribution in [0.25, 0.3) is 10.9 Å². The summed E-state index contributed by atoms with van der Waals surface area (Å²) in [4.78, 5) is 32.1. The van der Waals surface area contributed by atoms with E-state index in [1.807, 2.05) is 26.8 Å². The number of thiazole rings is 1. The molecule has 35 heavy (non-hydrogen) atoms. The Kier molecular flexibility index (Phi) is 5.57. The molecule has 1 fully saturated rings. The van der Waals surface area contributed by atoms with Gasteiger partial charge in [0.15, 0.2) is 0 Å². The Labute approximate surface area is 205 Å². The van der Waals surface area contributed by atoms with Gasteiger partial charge in [-0.3, -0.25) is 18.6 Å². The van der Waals surface area contributed by atoms with E-state index in [2.05, 4.69) is 14.8 Å². The van der Waals surface area contributed by atoms with Crippen LogP contribution in [0.3, 0.4) is 0 Å². The maximum Gasteiger partial charge on any atom is 0.332 e. The van der Waals surface area contributed by atoms with Gasteiger partial charge in [0.05, 0.1) is 45.3 Å². The van der Waals surface area contributed by atoms with Crippen molar-refractivity contribution in [2.45, 2.75) is 57.1 Å². The Balaban J connectivity index is 1.71. The van der Waals surface area contributed by atoms with E-state index in [0.717, 1.165) is 38.7 Å². The lowest BCUT2D eigenvalue weighted by Gasteiger charge is -2.16. The molecule has 12 heteroatoms. The van der Waals surface area contributed by atoms with Gasteiger partial charge in [-0.25, -0.2) is 22.9 Å². The van der Waals surface area contributed by atoms with Gasteiger partial charge in [-0.2, -0.15) is 5.10 Å². The zero-order valence-corrected chi connectivity index (χ0v) is 21.5. The third-order valence-corrected chi connectivity index (χ3v) is 8.82. The molecule has 0 unspecified atom stereocenters. The molecule has 4 aromatic rings. The summed E-state index contributed by atoms with van der Waals surface area (Å²) >= 11 is 1.40. The van der Waals surface area contributed by atoms with Gasteiger partial charge in [-0.15, -0.1) is 11.3 Å². The molecule has 0 saturated heterocycles. The number of aromatic nitrogens is 5. The number of benzene rings is 1. The van der Waals surface area contributed by atoms with E-state index in [0.29, 0.717) is 5.52 Å². The second-order valence-corrected chi connectivity index (χ2v) is 12.4. The van der Waals surface area contributed by atoms with Crippen LogP contribution in [-0.2, 0) is 30.2 Å². The van der Waals surface area contributed by atoms with Crippen molar-refractivity contribution in [3.05, 3.63) is 72.6 Å². The highest BCUT2D eigenvalue weighted by molar-refractivity contribution is 7.89. The van der Waals surface area contributed by atoms with E-state index >= 15 is 0 Å². The van der Waals surface area contributed by atoms with Crippen molar-refractivity contribution < 1.29 is 8.42 Å². The predicted molar refractivity (Wildman–Crippen MR) is 133 cm³/mol. The van der Waals surface area contributed by atoms with Gasteiger partial charge in [0.25, 0.3) is 5.56 Å². The average Bonchev–Trinajstić information content (AvgIpc) is 3.20. The van der Waals surface area contributed by atoms with Crippen LogP contribution in [0.1, 0.15) is 41.0 Å². The van der Waals surface area contributed by atoms with Crippen LogP contribution < -0.4 is 16.0 Å². The highest BCUT2D eigenvalue weighted by Crippen LogP contribution is 2.36. The number of nitrogens with zero attached hydrogens (tertiary/aromatic N) is 5. The van der Waals surface area contributed by atoms with Crippen molar-refractivity contribution in [2.24, 2.45) is 7.05 Å². The average molecular weight is 515 g/mol. The third kappa shape index (κ3) is 4.48. The maximum absolute atomic E-state index is 13.6. The number of fused-ring (bicyclic) bond motifs is 1. The molecule has 1 aromatic carbocycles. The summed E-state index contributed by atoms with van der Waals surface area (Å²) < 4.78 is 33.1. The Morgan fingerprint density at radius 2 is 1.86 bits per heavy atom. The molecule has 1 aliphatic carbocycles. The molecular formula is C23H26N6O4S2. The Hall–Kier alpha value is -3.09. The van der Waals surface area contributed by atoms with E-state index in [4.69, 9.17) is 0 Å². The molecule has 0 spiro atoms. The second-order valence-electron chi connectivity index (χ2n) is 9.35. The summed E-state index contributed by atoms with van der Waals surface area (Å²) in [6, 6.07) is 6.22. The fourth-order valence-electron chi connectivity index (χ4n) is 4.14. The first-order valence-electron chi connectivity index (χ1n) is 11.2. The molecule has 10 nitrogen and oxygen atoms in total. The topological polar surface area (TPSA) is 121 Å². The van der Waals surface area contributed by atoms with Gasteiger partial charge >= 0.3 is 5.69 Å². The van der Waals surface area contributed by atoms with Crippen molar-refractivity contribution in [1.82, 2.24) is 28.6 Å². The molecule has 1 aliphatic rings. The van der Waals surface area contributed by atoms with E-state index < -0.39 is 26.8 Å². The molecule has 0 atom stereocenters. The van der Waals surface area contributed by atoms with Gasteiger partial charge in [0.2, 0.25) is 10.0 Å². The van der Waals surface area contributed by atoms with E-state index in [-0.39, 0.29) is 23.4 Å². The maximum atomic E-state index is 13.6. The fourth-order valence-corrected chi connectivity index (χ4v) is 6.42. The van der Waals surface area contributed by atoms with Gasteiger partial charge in [0, 0.05) is 23.7 Å². The van der Waals surface area contributed by atoms with Crippen molar-refractivity contribution in [1.29, 1.82) is 0 Å². The number of nitrogens with one attached hydrogen (secondary N) is 1. The number of hydrogen-bond acceptors (Lipinski definition) is 7. The molecule has 1 N–H and O–H groups in total. The first-order valence-corrected chi connectivity index (χ1v) is 13.5. The van der Waals surface area contributed by atoms with E-state index in [1.165, 1.54) is 34.1 Å². The molecule has 1 saturated carbocycles. The molecule has 0 aliphatic heterocycles. The van der Waals surface area contributed by atoms with Crippen LogP contribution in [0.4, 0.5) is 0 Å². The SMILES string of the molecule is Cc1cc(Cn2c(=O)n(Cc3cnc(C)s3)c(=O)c3cc(S(=O)(=O)NC4(C)CC4)ccc32)n(C)n1. The molecule has 3 aromatic heterocycles. The lowest BCUT2D eigenvalue weighted by atomic mass is 10.2. The van der Waals surface area contributed by atoms with Crippen molar-refractivity contribution in [3.8, 4) is 0 Å². The van der Waals surface area contributed by atoms with Crippen molar-refractivity contribution in [2.75, 3.05) is 0 Å². The Morgan fingerprint density at radius 3 is 2.46 bits per heavy atom. The fraction of sp³-hybridized carbons (Fsp3) is 0.391. The first-order chi connectivity index (χ1) is 16.5. The van der Waals surface area contributed by atoms with Gasteiger partial charge in [-0.05, 0) is 57.9 Å². The molecule has 184 valence electrons. The van der Waals surface area contributed by atoms with Crippen LogP contribution in [0.5, 0.6) is 0 Å². The van der Waals surface area contributed by atoms with Gasteiger partial charge < -0.3 is 0 Å². The number of aryl methyl sites for hydroxylation is 3. The third-order valence-electron chi connectivity index (χ3n) is 6.29. The number of hydrogen-bond donors (Lipinski definition) is 1. The lowest BCUT2D eigenvalue weighted by molar-refractivity contribution is 0.558. The summed E-state index contributed by atoms with van der Waals surface area (Å²) in [6.45, 7) is 5.80. The zero-order valence-electron chi connectivity index (χ0n) is 19.9. The minimum Gasteiger partial charge on any atom is -0.287 e. The Bertz CT molecular complexity index is 1690. The quantitative estimate of drug-likeness (QED) is 0.402. The zero-order chi connectivity index (χ0) is 25.1. The van der Waals surface area contributed by atoms with Gasteiger partial charge in [0.1, 0.15) is 0 Å². The molecule has 0 radical (unpaired) electrons. The Morgan fingerprint density at radius 1 is 1.11 bits per heavy atom. The van der Waals surface area contributed by atoms with Crippen molar-refractivity contribution >= 4 is 32.3 Å². The van der Waals surface area contributed by atoms with Crippen LogP contribution >= 0.6 is 11.3 Å². The van der Waals surface area contributed by atoms with Crippen LogP contribution in [0, 0.1) is 13.8 Å². The summed E-state index contributed by atoms with van der Waals surface area (Å²) in [5, 5.41) is 5.34. The van der Waals surface area contributed by atoms with Gasteiger partial charge in [-0.1, -0.05) is 0 Å². The number of sulfonamides is 1. The first kappa shape index (κ1) is 23.6. The normalized spacial score (nSPS) is 15.1. The van der Waals surface area contributed by atoms with Crippen LogP contribution in [0.15, 0.2) is 44.9 Å². The second kappa shape index (κ2) is 8.25. The lowest BCUT2D eigenvalue weighted by Crippen LogP contribution is -2.41. The smallest absolute Gasteiger partial charge is 0.287 e. The van der Waals surface area contributed by atoms with E-state index in [1.54, 1.807) is 17.9 Å². The summed E-state index contributed by atoms with van der Waals surface area (Å²) in [5.74, 6) is 0. The molecule has 0 bridgehead atoms. The van der Waals surface area contributed by atoms with E-state index in [9.17, 15) is 18.0 Å². The molecule has 3 heterocycles. The highest BCUT2D eigenvalue weighted by atomic mass is 32.2. The summed E-state index contributed by atoms with van der Waals surface area (Å²) in [5.41, 5.74) is 0.488. The summed E-state index contributed by atoms with van der Waals surface area (Å²) in [6.07, 6.45) is 3.18. The van der Waals surface area contributed by atoms with Crippen LogP contribution in [-0.4, -0.2) is 37.9 Å². The predicted octanol–water partition coefficient (Wildman–Crippen LogP) is 1.90. The van der Waals surface area contributed by atoms with Crippen molar-refractivity contribution in [3.63, 3.8) is 0 Å². The van der Waals surface area contributed by atoms with Crippen LogP contribution in [0.2, 0.25) is 0 Å². The minimum absolute atomic E-state index is 0.00279. The summed E-state index contributed by atoms with van der Waals surface area (Å²) in [7, 11) is -2.03. The molecule has 5 rings (SSSR count). The number of rotatable bonds is 7. The highest BCUT2D eigenvalue weighted by Gasteiger charge is 2.41. The monoisotopic (exact) mass is 514 g/mol. The largest absolute Gasteiger partial charge is 0.332 e.